The number of rotatable bonds is 4. The van der Waals surface area contributed by atoms with Crippen molar-refractivity contribution in [3.05, 3.63) is 71.5 Å². The number of nitrogens with zero attached hydrogens (tertiary/aromatic N) is 1. The topological polar surface area (TPSA) is 81.3 Å². The molecule has 4 aromatic rings. The van der Waals surface area contributed by atoms with Gasteiger partial charge in [-0.25, -0.2) is 9.78 Å². The van der Waals surface area contributed by atoms with Gasteiger partial charge in [-0.1, -0.05) is 18.2 Å². The van der Waals surface area contributed by atoms with E-state index in [1.54, 1.807) is 37.4 Å². The number of hydrogen-bond donors (Lipinski definition) is 1. The monoisotopic (exact) mass is 360 g/mol. The van der Waals surface area contributed by atoms with Gasteiger partial charge in [-0.05, 0) is 36.4 Å². The summed E-state index contributed by atoms with van der Waals surface area (Å²) in [5.74, 6) is -0.232. The van der Waals surface area contributed by atoms with Gasteiger partial charge in [-0.3, -0.25) is 4.79 Å². The maximum atomic E-state index is 13.1. The summed E-state index contributed by atoms with van der Waals surface area (Å²) in [5.41, 5.74) is 2.16. The zero-order chi connectivity index (χ0) is 19.0. The molecule has 0 radical (unpaired) electrons. The fourth-order valence-corrected chi connectivity index (χ4v) is 3.10. The van der Waals surface area contributed by atoms with Crippen LogP contribution in [0.4, 0.5) is 0 Å². The molecule has 2 aromatic carbocycles. The molecule has 0 atom stereocenters. The maximum Gasteiger partial charge on any atom is 0.356 e. The van der Waals surface area contributed by atoms with Crippen molar-refractivity contribution in [3.8, 4) is 5.75 Å². The van der Waals surface area contributed by atoms with Crippen molar-refractivity contribution in [2.75, 3.05) is 14.2 Å². The number of carbonyl (C=O) groups excluding carboxylic acids is 2. The van der Waals surface area contributed by atoms with Crippen LogP contribution in [0.25, 0.3) is 21.8 Å². The molecule has 6 heteroatoms. The molecule has 2 heterocycles. The van der Waals surface area contributed by atoms with Gasteiger partial charge in [0.1, 0.15) is 17.1 Å². The molecule has 0 fully saturated rings. The van der Waals surface area contributed by atoms with E-state index in [1.807, 2.05) is 24.3 Å². The second kappa shape index (κ2) is 6.57. The number of esters is 1. The predicted octanol–water partition coefficient (Wildman–Crippen LogP) is 3.74. The lowest BCUT2D eigenvalue weighted by atomic mass is 10.0. The van der Waals surface area contributed by atoms with Crippen molar-refractivity contribution in [2.45, 2.75) is 0 Å². The van der Waals surface area contributed by atoms with E-state index in [0.717, 1.165) is 16.3 Å². The first-order chi connectivity index (χ1) is 13.1. The molecule has 1 N–H and O–H groups in total. The summed E-state index contributed by atoms with van der Waals surface area (Å²) in [5, 5.41) is 1.65. The molecule has 134 valence electrons. The SMILES string of the molecule is COC(=O)c1cc2c([nH]c3ccccc32)c(C(=O)c2ccc(OC)cc2)n1. The minimum Gasteiger partial charge on any atom is -0.497 e. The largest absolute Gasteiger partial charge is 0.497 e. The first-order valence-corrected chi connectivity index (χ1v) is 8.31. The van der Waals surface area contributed by atoms with Crippen molar-refractivity contribution in [1.29, 1.82) is 0 Å². The predicted molar refractivity (Wildman–Crippen MR) is 101 cm³/mol. The van der Waals surface area contributed by atoms with Crippen LogP contribution in [0.15, 0.2) is 54.6 Å². The molecule has 2 aromatic heterocycles. The quantitative estimate of drug-likeness (QED) is 0.443. The molecule has 4 rings (SSSR count). The Kier molecular flexibility index (Phi) is 4.08. The summed E-state index contributed by atoms with van der Waals surface area (Å²) >= 11 is 0. The third kappa shape index (κ3) is 2.81. The Morgan fingerprint density at radius 3 is 2.41 bits per heavy atom. The van der Waals surface area contributed by atoms with Gasteiger partial charge < -0.3 is 14.5 Å². The molecule has 0 aliphatic carbocycles. The van der Waals surface area contributed by atoms with Gasteiger partial charge >= 0.3 is 5.97 Å². The van der Waals surface area contributed by atoms with Crippen molar-refractivity contribution < 1.29 is 19.1 Å². The van der Waals surface area contributed by atoms with Crippen LogP contribution in [0.1, 0.15) is 26.5 Å². The highest BCUT2D eigenvalue weighted by molar-refractivity contribution is 6.19. The van der Waals surface area contributed by atoms with Crippen molar-refractivity contribution in [2.24, 2.45) is 0 Å². The van der Waals surface area contributed by atoms with Crippen LogP contribution in [-0.2, 0) is 4.74 Å². The summed E-state index contributed by atoms with van der Waals surface area (Å²) in [6, 6.07) is 16.0. The minimum atomic E-state index is -0.592. The van der Waals surface area contributed by atoms with Crippen LogP contribution >= 0.6 is 0 Å². The van der Waals surface area contributed by atoms with Crippen LogP contribution in [0.5, 0.6) is 5.75 Å². The molecular formula is C21H16N2O4. The zero-order valence-corrected chi connectivity index (χ0v) is 14.8. The lowest BCUT2D eigenvalue weighted by Gasteiger charge is -2.06. The van der Waals surface area contributed by atoms with Crippen LogP contribution in [0.3, 0.4) is 0 Å². The van der Waals surface area contributed by atoms with E-state index in [4.69, 9.17) is 9.47 Å². The van der Waals surface area contributed by atoms with Gasteiger partial charge in [0.05, 0.1) is 19.7 Å². The number of pyridine rings is 1. The van der Waals surface area contributed by atoms with Crippen LogP contribution in [0, 0.1) is 0 Å². The highest BCUT2D eigenvalue weighted by Gasteiger charge is 2.21. The lowest BCUT2D eigenvalue weighted by Crippen LogP contribution is -2.11. The van der Waals surface area contributed by atoms with E-state index >= 15 is 0 Å². The molecule has 0 aliphatic heterocycles. The van der Waals surface area contributed by atoms with Gasteiger partial charge in [-0.15, -0.1) is 0 Å². The summed E-state index contributed by atoms with van der Waals surface area (Å²) < 4.78 is 9.94. The first kappa shape index (κ1) is 16.8. The number of benzene rings is 2. The Balaban J connectivity index is 1.96. The van der Waals surface area contributed by atoms with Crippen LogP contribution in [0.2, 0.25) is 0 Å². The number of fused-ring (bicyclic) bond motifs is 3. The maximum absolute atomic E-state index is 13.1. The number of H-pyrrole nitrogens is 1. The molecule has 0 unspecified atom stereocenters. The minimum absolute atomic E-state index is 0.0895. The van der Waals surface area contributed by atoms with Gasteiger partial charge in [0.25, 0.3) is 0 Å². The fraction of sp³-hybridized carbons (Fsp3) is 0.0952. The normalized spacial score (nSPS) is 10.9. The average Bonchev–Trinajstić information content (AvgIpc) is 3.10. The third-order valence-corrected chi connectivity index (χ3v) is 4.46. The Morgan fingerprint density at radius 2 is 1.70 bits per heavy atom. The lowest BCUT2D eigenvalue weighted by molar-refractivity contribution is 0.0594. The molecule has 27 heavy (non-hydrogen) atoms. The van der Waals surface area contributed by atoms with Crippen LogP contribution in [-0.4, -0.2) is 35.9 Å². The van der Waals surface area contributed by atoms with Crippen LogP contribution < -0.4 is 4.74 Å². The number of nitrogens with one attached hydrogen (secondary N) is 1. The summed E-state index contributed by atoms with van der Waals surface area (Å²) in [6.45, 7) is 0. The Morgan fingerprint density at radius 1 is 0.963 bits per heavy atom. The second-order valence-corrected chi connectivity index (χ2v) is 6.00. The molecule has 0 amide bonds. The second-order valence-electron chi connectivity index (χ2n) is 6.00. The van der Waals surface area contributed by atoms with Gasteiger partial charge in [-0.2, -0.15) is 0 Å². The average molecular weight is 360 g/mol. The molecule has 0 aliphatic rings. The summed E-state index contributed by atoms with van der Waals surface area (Å²) in [4.78, 5) is 32.8. The molecule has 0 saturated heterocycles. The van der Waals surface area contributed by atoms with Crippen molar-refractivity contribution >= 4 is 33.6 Å². The zero-order valence-electron chi connectivity index (χ0n) is 14.8. The number of para-hydroxylation sites is 1. The molecule has 0 bridgehead atoms. The Labute approximate surface area is 154 Å². The number of aromatic amines is 1. The molecule has 0 saturated carbocycles. The third-order valence-electron chi connectivity index (χ3n) is 4.46. The summed E-state index contributed by atoms with van der Waals surface area (Å²) in [7, 11) is 2.85. The highest BCUT2D eigenvalue weighted by atomic mass is 16.5. The number of carbonyl (C=O) groups is 2. The number of hydrogen-bond acceptors (Lipinski definition) is 5. The van der Waals surface area contributed by atoms with Gasteiger partial charge in [0.15, 0.2) is 0 Å². The van der Waals surface area contributed by atoms with E-state index < -0.39 is 5.97 Å². The summed E-state index contributed by atoms with van der Waals surface area (Å²) in [6.07, 6.45) is 0. The van der Waals surface area contributed by atoms with Crippen molar-refractivity contribution in [3.63, 3.8) is 0 Å². The number of aromatic nitrogens is 2. The van der Waals surface area contributed by atoms with Gasteiger partial charge in [0.2, 0.25) is 5.78 Å². The van der Waals surface area contributed by atoms with Crippen molar-refractivity contribution in [1.82, 2.24) is 9.97 Å². The molecular weight excluding hydrogens is 344 g/mol. The molecule has 6 nitrogen and oxygen atoms in total. The Hall–Kier alpha value is -3.67. The van der Waals surface area contributed by atoms with E-state index in [2.05, 4.69) is 9.97 Å². The number of ether oxygens (including phenoxy) is 2. The number of methoxy groups -OCH3 is 2. The Bertz CT molecular complexity index is 1180. The highest BCUT2D eigenvalue weighted by Crippen LogP contribution is 2.29. The number of ketones is 1. The smallest absolute Gasteiger partial charge is 0.356 e. The van der Waals surface area contributed by atoms with E-state index in [-0.39, 0.29) is 17.2 Å². The van der Waals surface area contributed by atoms with E-state index in [1.165, 1.54) is 7.11 Å². The van der Waals surface area contributed by atoms with E-state index in [0.29, 0.717) is 16.8 Å². The van der Waals surface area contributed by atoms with E-state index in [9.17, 15) is 9.59 Å². The first-order valence-electron chi connectivity index (χ1n) is 8.31. The molecule has 0 spiro atoms. The van der Waals surface area contributed by atoms with Gasteiger partial charge in [0, 0.05) is 21.9 Å². The standard InChI is InChI=1S/C21H16N2O4/c1-26-13-9-7-12(8-10-13)20(24)19-18-15(11-17(23-19)21(25)27-2)14-5-3-4-6-16(14)22-18/h3-11,22H,1-2H3. The fourth-order valence-electron chi connectivity index (χ4n) is 3.10.